The van der Waals surface area contributed by atoms with Crippen LogP contribution in [0.1, 0.15) is 83.7 Å². The second kappa shape index (κ2) is 17.1. The van der Waals surface area contributed by atoms with Crippen LogP contribution in [0.4, 0.5) is 9.59 Å². The molecular weight excluding hydrogens is 737 g/mol. The summed E-state index contributed by atoms with van der Waals surface area (Å²) >= 11 is 0. The number of hydrogen-bond donors (Lipinski definition) is 3. The van der Waals surface area contributed by atoms with Crippen LogP contribution >= 0.6 is 21.6 Å². The monoisotopic (exact) mass is 790 g/mol. The maximum atomic E-state index is 12.4. The standard InChI is InChI=1S/C42H54N4O7S2/c1-8-31-32-19-29(13-16-35(32)45-37-33(31)22-46-21-28-24-50-26-42(49,9-2)34(28)20-36(37)46)51-18-10-17-43-38(47)52-23-27-11-14-30(15-12-27)54-55-41(6,7)25-44-39(48)53-40(3,4)5/h11-16,19-20,49H,8-10,17-18,21-26H2,1-7H3,(H,43,47)(H,44,48)/t42-/m1/s1. The smallest absolute Gasteiger partial charge is 0.407 e. The van der Waals surface area contributed by atoms with E-state index >= 15 is 0 Å². The van der Waals surface area contributed by atoms with E-state index in [9.17, 15) is 14.7 Å². The van der Waals surface area contributed by atoms with Gasteiger partial charge < -0.3 is 39.6 Å². The minimum absolute atomic E-state index is 0.170. The zero-order valence-electron chi connectivity index (χ0n) is 33.0. The third-order valence-corrected chi connectivity index (χ3v) is 13.1. The molecule has 3 aliphatic rings. The average molecular weight is 791 g/mol. The first kappa shape index (κ1) is 40.7. The SMILES string of the molecule is CCc1c2c(nc3ccc(OCCCNC(=O)OCc4ccc(SSC(C)(C)CNC(=O)OC(C)(C)C)cc4)cc13)C1=CC3=C(COC[C@]3(O)CC)CN1C2. The first-order valence-electron chi connectivity index (χ1n) is 19.1. The van der Waals surface area contributed by atoms with Crippen LogP contribution in [0.2, 0.25) is 0 Å². The quantitative estimate of drug-likeness (QED) is 0.108. The fourth-order valence-electron chi connectivity index (χ4n) is 6.89. The van der Waals surface area contributed by atoms with Crippen molar-refractivity contribution in [2.24, 2.45) is 0 Å². The molecule has 6 rings (SSSR count). The van der Waals surface area contributed by atoms with Crippen molar-refractivity contribution < 1.29 is 33.6 Å². The predicted molar refractivity (Wildman–Crippen MR) is 219 cm³/mol. The molecule has 1 aromatic heterocycles. The van der Waals surface area contributed by atoms with E-state index in [-0.39, 0.29) is 11.4 Å². The van der Waals surface area contributed by atoms with Crippen molar-refractivity contribution in [1.82, 2.24) is 20.5 Å². The molecule has 0 unspecified atom stereocenters. The van der Waals surface area contributed by atoms with Gasteiger partial charge in [-0.05, 0) is 113 Å². The summed E-state index contributed by atoms with van der Waals surface area (Å²) in [6.45, 7) is 17.7. The number of aliphatic hydroxyl groups is 1. The summed E-state index contributed by atoms with van der Waals surface area (Å²) in [5.74, 6) is 0.768. The minimum atomic E-state index is -0.958. The van der Waals surface area contributed by atoms with Gasteiger partial charge in [-0.2, -0.15) is 0 Å². The van der Waals surface area contributed by atoms with Crippen molar-refractivity contribution in [2.75, 3.05) is 39.5 Å². The Balaban J connectivity index is 0.936. The number of nitrogens with zero attached hydrogens (tertiary/aromatic N) is 2. The van der Waals surface area contributed by atoms with Crippen molar-refractivity contribution in [3.8, 4) is 5.75 Å². The molecule has 0 fully saturated rings. The maximum Gasteiger partial charge on any atom is 0.407 e. The number of aromatic nitrogens is 1. The van der Waals surface area contributed by atoms with Gasteiger partial charge in [-0.25, -0.2) is 14.6 Å². The largest absolute Gasteiger partial charge is 0.494 e. The highest BCUT2D eigenvalue weighted by atomic mass is 33.1. The lowest BCUT2D eigenvalue weighted by Gasteiger charge is -2.39. The first-order chi connectivity index (χ1) is 26.2. The summed E-state index contributed by atoms with van der Waals surface area (Å²) in [7, 11) is 3.29. The molecule has 1 atom stereocenters. The Morgan fingerprint density at radius 3 is 2.55 bits per heavy atom. The summed E-state index contributed by atoms with van der Waals surface area (Å²) in [6, 6.07) is 13.9. The van der Waals surface area contributed by atoms with Gasteiger partial charge in [-0.15, -0.1) is 0 Å². The van der Waals surface area contributed by atoms with E-state index in [1.165, 1.54) is 11.1 Å². The molecule has 11 nitrogen and oxygen atoms in total. The van der Waals surface area contributed by atoms with Crippen LogP contribution < -0.4 is 15.4 Å². The molecule has 55 heavy (non-hydrogen) atoms. The van der Waals surface area contributed by atoms with Gasteiger partial charge in [0.15, 0.2) is 0 Å². The van der Waals surface area contributed by atoms with Crippen LogP contribution in [0.25, 0.3) is 16.6 Å². The van der Waals surface area contributed by atoms with Crippen molar-refractivity contribution in [3.05, 3.63) is 82.1 Å². The molecule has 4 heterocycles. The van der Waals surface area contributed by atoms with E-state index in [1.807, 2.05) is 64.1 Å². The molecule has 2 aromatic carbocycles. The number of ether oxygens (including phenoxy) is 4. The molecule has 0 aliphatic carbocycles. The lowest BCUT2D eigenvalue weighted by Crippen LogP contribution is -2.43. The van der Waals surface area contributed by atoms with E-state index in [0.29, 0.717) is 45.8 Å². The first-order valence-corrected chi connectivity index (χ1v) is 21.2. The van der Waals surface area contributed by atoms with Crippen molar-refractivity contribution in [2.45, 2.75) is 102 Å². The van der Waals surface area contributed by atoms with Crippen LogP contribution in [-0.2, 0) is 33.8 Å². The highest BCUT2D eigenvalue weighted by molar-refractivity contribution is 8.77. The van der Waals surface area contributed by atoms with Crippen molar-refractivity contribution in [1.29, 1.82) is 0 Å². The molecule has 3 N–H and O–H groups in total. The number of pyridine rings is 1. The number of alkyl carbamates (subject to hydrolysis) is 2. The Hall–Kier alpha value is -3.91. The van der Waals surface area contributed by atoms with Gasteiger partial charge in [-0.1, -0.05) is 47.6 Å². The van der Waals surface area contributed by atoms with E-state index in [4.69, 9.17) is 23.9 Å². The van der Waals surface area contributed by atoms with E-state index in [2.05, 4.69) is 48.4 Å². The van der Waals surface area contributed by atoms with E-state index in [0.717, 1.165) is 69.2 Å². The topological polar surface area (TPSA) is 131 Å². The third kappa shape index (κ3) is 10.1. The second-order valence-electron chi connectivity index (χ2n) is 15.9. The van der Waals surface area contributed by atoms with Crippen LogP contribution in [0, 0.1) is 0 Å². The van der Waals surface area contributed by atoms with Gasteiger partial charge in [0.25, 0.3) is 0 Å². The molecule has 0 spiro atoms. The number of rotatable bonds is 14. The second-order valence-corrected chi connectivity index (χ2v) is 18.8. The number of fused-ring (bicyclic) bond motifs is 4. The van der Waals surface area contributed by atoms with E-state index < -0.39 is 23.4 Å². The molecule has 3 aliphatic heterocycles. The average Bonchev–Trinajstić information content (AvgIpc) is 3.50. The Morgan fingerprint density at radius 1 is 1.04 bits per heavy atom. The fourth-order valence-corrected chi connectivity index (χ4v) is 9.06. The summed E-state index contributed by atoms with van der Waals surface area (Å²) < 4.78 is 22.4. The third-order valence-electron chi connectivity index (χ3n) is 9.78. The molecule has 2 amide bonds. The van der Waals surface area contributed by atoms with Gasteiger partial charge in [0.05, 0.1) is 36.7 Å². The molecule has 0 saturated heterocycles. The van der Waals surface area contributed by atoms with Crippen molar-refractivity contribution >= 4 is 50.4 Å². The van der Waals surface area contributed by atoms with Gasteiger partial charge in [0, 0.05) is 46.8 Å². The van der Waals surface area contributed by atoms with Gasteiger partial charge in [0.2, 0.25) is 0 Å². The van der Waals surface area contributed by atoms with E-state index in [1.54, 1.807) is 21.6 Å². The number of amides is 2. The zero-order valence-corrected chi connectivity index (χ0v) is 34.6. The molecular formula is C42H54N4O7S2. The van der Waals surface area contributed by atoms with Gasteiger partial charge in [0.1, 0.15) is 23.6 Å². The number of benzene rings is 2. The Morgan fingerprint density at radius 2 is 1.82 bits per heavy atom. The number of carbonyl (C=O) groups excluding carboxylic acids is 2. The normalized spacial score (nSPS) is 18.0. The lowest BCUT2D eigenvalue weighted by molar-refractivity contribution is -0.0311. The fraction of sp³-hybridized carbons (Fsp3) is 0.500. The highest BCUT2D eigenvalue weighted by Crippen LogP contribution is 2.44. The summed E-state index contributed by atoms with van der Waals surface area (Å²) in [5, 5.41) is 18.1. The summed E-state index contributed by atoms with van der Waals surface area (Å²) in [6.07, 6.45) is 3.35. The number of carbonyl (C=O) groups is 2. The number of aryl methyl sites for hydroxylation is 1. The summed E-state index contributed by atoms with van der Waals surface area (Å²) in [4.78, 5) is 32.9. The van der Waals surface area contributed by atoms with Crippen LogP contribution in [0.3, 0.4) is 0 Å². The maximum absolute atomic E-state index is 12.4. The van der Waals surface area contributed by atoms with Crippen LogP contribution in [-0.4, -0.2) is 82.6 Å². The van der Waals surface area contributed by atoms with Crippen LogP contribution in [0.15, 0.2) is 64.6 Å². The molecule has 0 bridgehead atoms. The van der Waals surface area contributed by atoms with Crippen LogP contribution in [0.5, 0.6) is 5.75 Å². The molecule has 296 valence electrons. The van der Waals surface area contributed by atoms with Crippen molar-refractivity contribution in [3.63, 3.8) is 0 Å². The Bertz CT molecular complexity index is 1960. The number of hydrogen-bond acceptors (Lipinski definition) is 11. The highest BCUT2D eigenvalue weighted by Gasteiger charge is 2.40. The molecule has 0 saturated carbocycles. The van der Waals surface area contributed by atoms with Gasteiger partial charge >= 0.3 is 12.2 Å². The van der Waals surface area contributed by atoms with Gasteiger partial charge in [-0.3, -0.25) is 0 Å². The minimum Gasteiger partial charge on any atom is -0.494 e. The lowest BCUT2D eigenvalue weighted by atomic mass is 9.83. The molecule has 13 heteroatoms. The zero-order chi connectivity index (χ0) is 39.4. The Labute approximate surface area is 332 Å². The predicted octanol–water partition coefficient (Wildman–Crippen LogP) is 8.17. The summed E-state index contributed by atoms with van der Waals surface area (Å²) in [5.41, 5.74) is 7.07. The molecule has 0 radical (unpaired) electrons. The molecule has 3 aromatic rings. The Kier molecular flexibility index (Phi) is 12.6. The number of nitrogens with one attached hydrogen (secondary N) is 2.